The zero-order chi connectivity index (χ0) is 15.2. The minimum Gasteiger partial charge on any atom is -0.481 e. The van der Waals surface area contributed by atoms with Crippen molar-refractivity contribution in [2.75, 3.05) is 13.1 Å². The van der Waals surface area contributed by atoms with Crippen molar-refractivity contribution in [3.05, 3.63) is 16.6 Å². The number of aromatic nitrogens is 1. The lowest BCUT2D eigenvalue weighted by atomic mass is 10.1. The van der Waals surface area contributed by atoms with E-state index in [1.54, 1.807) is 10.4 Å². The number of carboxylic acids is 1. The lowest BCUT2D eigenvalue weighted by Crippen LogP contribution is -2.51. The van der Waals surface area contributed by atoms with Crippen LogP contribution in [0.2, 0.25) is 0 Å². The fourth-order valence-electron chi connectivity index (χ4n) is 1.70. The molecule has 0 aliphatic rings. The molecule has 0 unspecified atom stereocenters. The minimum absolute atomic E-state index is 0.0588. The molecular formula is C13H21N3O3S. The van der Waals surface area contributed by atoms with Crippen LogP contribution in [0.1, 0.15) is 32.9 Å². The lowest BCUT2D eigenvalue weighted by Gasteiger charge is -2.35. The first-order valence-electron chi connectivity index (χ1n) is 6.45. The molecule has 0 spiro atoms. The summed E-state index contributed by atoms with van der Waals surface area (Å²) < 4.78 is 0. The average Bonchev–Trinajstić information content (AvgIpc) is 2.79. The van der Waals surface area contributed by atoms with Crippen molar-refractivity contribution in [1.29, 1.82) is 0 Å². The van der Waals surface area contributed by atoms with Crippen LogP contribution in [0.4, 0.5) is 4.79 Å². The Labute approximate surface area is 122 Å². The van der Waals surface area contributed by atoms with Gasteiger partial charge in [-0.1, -0.05) is 0 Å². The van der Waals surface area contributed by atoms with E-state index in [0.29, 0.717) is 13.0 Å². The number of amides is 2. The first kappa shape index (κ1) is 16.4. The van der Waals surface area contributed by atoms with E-state index < -0.39 is 11.5 Å². The molecule has 0 bridgehead atoms. The first-order chi connectivity index (χ1) is 9.30. The third kappa shape index (κ3) is 5.56. The van der Waals surface area contributed by atoms with Crippen LogP contribution in [0, 0.1) is 0 Å². The van der Waals surface area contributed by atoms with Gasteiger partial charge in [0, 0.05) is 30.4 Å². The van der Waals surface area contributed by atoms with Gasteiger partial charge in [0.1, 0.15) is 0 Å². The molecule has 0 saturated carbocycles. The normalized spacial score (nSPS) is 11.2. The molecule has 20 heavy (non-hydrogen) atoms. The molecule has 1 rings (SSSR count). The second kappa shape index (κ2) is 7.23. The van der Waals surface area contributed by atoms with E-state index in [1.165, 1.54) is 11.3 Å². The molecular weight excluding hydrogens is 278 g/mol. The van der Waals surface area contributed by atoms with Crippen LogP contribution in [-0.2, 0) is 11.2 Å². The van der Waals surface area contributed by atoms with Crippen LogP contribution in [0.15, 0.2) is 10.9 Å². The van der Waals surface area contributed by atoms with Crippen LogP contribution in [-0.4, -0.2) is 45.6 Å². The maximum Gasteiger partial charge on any atom is 0.317 e. The second-order valence-electron chi connectivity index (χ2n) is 5.43. The summed E-state index contributed by atoms with van der Waals surface area (Å²) in [5.74, 6) is -0.908. The van der Waals surface area contributed by atoms with E-state index >= 15 is 0 Å². The van der Waals surface area contributed by atoms with Gasteiger partial charge in [0.2, 0.25) is 0 Å². The van der Waals surface area contributed by atoms with Gasteiger partial charge in [0.15, 0.2) is 0 Å². The van der Waals surface area contributed by atoms with E-state index in [1.807, 2.05) is 26.2 Å². The minimum atomic E-state index is -0.908. The molecule has 1 aromatic heterocycles. The van der Waals surface area contributed by atoms with Crippen molar-refractivity contribution in [3.8, 4) is 0 Å². The number of carbonyl (C=O) groups excluding carboxylic acids is 1. The maximum atomic E-state index is 12.1. The molecule has 6 nitrogen and oxygen atoms in total. The third-order valence-electron chi connectivity index (χ3n) is 2.75. The van der Waals surface area contributed by atoms with Crippen LogP contribution < -0.4 is 5.32 Å². The first-order valence-corrected chi connectivity index (χ1v) is 7.39. The van der Waals surface area contributed by atoms with E-state index in [9.17, 15) is 9.59 Å². The summed E-state index contributed by atoms with van der Waals surface area (Å²) >= 11 is 1.52. The summed E-state index contributed by atoms with van der Waals surface area (Å²) in [6.07, 6.45) is 0.614. The molecule has 2 N–H and O–H groups in total. The fraction of sp³-hybridized carbons (Fsp3) is 0.615. The smallest absolute Gasteiger partial charge is 0.317 e. The summed E-state index contributed by atoms with van der Waals surface area (Å²) in [5.41, 5.74) is 2.29. The van der Waals surface area contributed by atoms with Gasteiger partial charge in [-0.25, -0.2) is 9.78 Å². The monoisotopic (exact) mass is 299 g/mol. The Bertz CT molecular complexity index is 440. The molecule has 1 aromatic rings. The summed E-state index contributed by atoms with van der Waals surface area (Å²) in [5, 5.41) is 13.5. The maximum absolute atomic E-state index is 12.1. The Hall–Kier alpha value is -1.63. The molecule has 2 amide bonds. The van der Waals surface area contributed by atoms with Crippen molar-refractivity contribution in [3.63, 3.8) is 0 Å². The Morgan fingerprint density at radius 3 is 2.65 bits per heavy atom. The number of nitrogens with one attached hydrogen (secondary N) is 1. The number of rotatable bonds is 6. The number of urea groups is 1. The molecule has 112 valence electrons. The van der Waals surface area contributed by atoms with Gasteiger partial charge in [-0.2, -0.15) is 0 Å². The standard InChI is InChI=1S/C13H21N3O3S/c1-13(2,3)16(7-5-11(17)18)12(19)14-6-4-10-8-20-9-15-10/h8-9H,4-7H2,1-3H3,(H,14,19)(H,17,18). The van der Waals surface area contributed by atoms with Crippen molar-refractivity contribution < 1.29 is 14.7 Å². The van der Waals surface area contributed by atoms with Crippen molar-refractivity contribution in [2.45, 2.75) is 39.2 Å². The summed E-state index contributed by atoms with van der Waals surface area (Å²) in [4.78, 5) is 28.5. The molecule has 0 aliphatic heterocycles. The molecule has 0 aromatic carbocycles. The van der Waals surface area contributed by atoms with Crippen LogP contribution in [0.25, 0.3) is 0 Å². The number of carbonyl (C=O) groups is 2. The predicted molar refractivity (Wildman–Crippen MR) is 77.9 cm³/mol. The van der Waals surface area contributed by atoms with E-state index in [2.05, 4.69) is 10.3 Å². The molecule has 0 atom stereocenters. The molecule has 0 aliphatic carbocycles. The quantitative estimate of drug-likeness (QED) is 0.841. The third-order valence-corrected chi connectivity index (χ3v) is 3.38. The average molecular weight is 299 g/mol. The van der Waals surface area contributed by atoms with Gasteiger partial charge in [-0.3, -0.25) is 4.79 Å². The highest BCUT2D eigenvalue weighted by molar-refractivity contribution is 7.07. The highest BCUT2D eigenvalue weighted by Crippen LogP contribution is 2.14. The van der Waals surface area contributed by atoms with Gasteiger partial charge in [0.05, 0.1) is 17.6 Å². The summed E-state index contributed by atoms with van der Waals surface area (Å²) in [6.45, 7) is 6.34. The molecule has 7 heteroatoms. The van der Waals surface area contributed by atoms with Crippen LogP contribution in [0.5, 0.6) is 0 Å². The molecule has 0 saturated heterocycles. The van der Waals surface area contributed by atoms with Crippen LogP contribution in [0.3, 0.4) is 0 Å². The van der Waals surface area contributed by atoms with Crippen LogP contribution >= 0.6 is 11.3 Å². The van der Waals surface area contributed by atoms with Gasteiger partial charge in [-0.05, 0) is 20.8 Å². The van der Waals surface area contributed by atoms with Crippen molar-refractivity contribution in [2.24, 2.45) is 0 Å². The summed E-state index contributed by atoms with van der Waals surface area (Å²) in [6, 6.07) is -0.242. The number of thiazole rings is 1. The van der Waals surface area contributed by atoms with E-state index in [0.717, 1.165) is 5.69 Å². The fourth-order valence-corrected chi connectivity index (χ4v) is 2.30. The predicted octanol–water partition coefficient (Wildman–Crippen LogP) is 1.97. The number of hydrogen-bond acceptors (Lipinski definition) is 4. The SMILES string of the molecule is CC(C)(C)N(CCC(=O)O)C(=O)NCCc1cscn1. The Balaban J connectivity index is 2.48. The molecule has 0 radical (unpaired) electrons. The number of nitrogens with zero attached hydrogens (tertiary/aromatic N) is 2. The van der Waals surface area contributed by atoms with Crippen molar-refractivity contribution >= 4 is 23.3 Å². The zero-order valence-electron chi connectivity index (χ0n) is 12.0. The van der Waals surface area contributed by atoms with E-state index in [-0.39, 0.29) is 19.0 Å². The largest absolute Gasteiger partial charge is 0.481 e. The summed E-state index contributed by atoms with van der Waals surface area (Å²) in [7, 11) is 0. The number of hydrogen-bond donors (Lipinski definition) is 2. The van der Waals surface area contributed by atoms with E-state index in [4.69, 9.17) is 5.11 Å². The highest BCUT2D eigenvalue weighted by atomic mass is 32.1. The topological polar surface area (TPSA) is 82.5 Å². The second-order valence-corrected chi connectivity index (χ2v) is 6.15. The van der Waals surface area contributed by atoms with Crippen molar-refractivity contribution in [1.82, 2.24) is 15.2 Å². The Kier molecular flexibility index (Phi) is 5.94. The molecule has 0 fully saturated rings. The van der Waals surface area contributed by atoms with Gasteiger partial charge in [-0.15, -0.1) is 11.3 Å². The van der Waals surface area contributed by atoms with Gasteiger partial charge in [0.25, 0.3) is 0 Å². The number of aliphatic carboxylic acids is 1. The Morgan fingerprint density at radius 2 is 2.15 bits per heavy atom. The lowest BCUT2D eigenvalue weighted by molar-refractivity contribution is -0.137. The number of carboxylic acid groups (broad SMARTS) is 1. The highest BCUT2D eigenvalue weighted by Gasteiger charge is 2.26. The molecule has 1 heterocycles. The zero-order valence-corrected chi connectivity index (χ0v) is 12.9. The van der Waals surface area contributed by atoms with Gasteiger partial charge < -0.3 is 15.3 Å². The van der Waals surface area contributed by atoms with Gasteiger partial charge >= 0.3 is 12.0 Å². The Morgan fingerprint density at radius 1 is 1.45 bits per heavy atom.